The molecule has 0 spiro atoms. The van der Waals surface area contributed by atoms with Crippen LogP contribution < -0.4 is 5.32 Å². The molecule has 0 aliphatic carbocycles. The van der Waals surface area contributed by atoms with Gasteiger partial charge in [0.25, 0.3) is 0 Å². The third-order valence-corrected chi connectivity index (χ3v) is 5.95. The maximum atomic E-state index is 3.50. The molecule has 1 N–H and O–H groups in total. The van der Waals surface area contributed by atoms with E-state index in [9.17, 15) is 0 Å². The van der Waals surface area contributed by atoms with Crippen molar-refractivity contribution in [2.75, 3.05) is 5.32 Å². The highest BCUT2D eigenvalue weighted by atomic mass is 15.0. The van der Waals surface area contributed by atoms with E-state index in [1.165, 1.54) is 38.6 Å². The van der Waals surface area contributed by atoms with E-state index in [1.807, 2.05) is 18.2 Å². The Morgan fingerprint density at radius 2 is 1.09 bits per heavy atom. The molecular weight excluding hydrogens is 388 g/mol. The largest absolute Gasteiger partial charge is 0.356 e. The Morgan fingerprint density at radius 3 is 1.94 bits per heavy atom. The van der Waals surface area contributed by atoms with Crippen LogP contribution in [0.25, 0.3) is 38.6 Å². The number of fused-ring (bicyclic) bond motifs is 3. The molecule has 1 aromatic heterocycles. The molecule has 0 bridgehead atoms. The summed E-state index contributed by atoms with van der Waals surface area (Å²) in [4.78, 5) is 0. The molecule has 6 aromatic rings. The molecule has 2 heteroatoms. The van der Waals surface area contributed by atoms with Crippen LogP contribution in [0.5, 0.6) is 0 Å². The standard InChI is InChI=1S/C30H22N2/c1-3-11-24(12-4-1)31-25-13-9-10-22(20-25)23-18-19-28-27-16-7-8-17-29(27)32(30(28)21-23)26-14-5-2-6-15-26/h1-21,31H. The molecular formula is C30H22N2. The molecule has 0 fully saturated rings. The van der Waals surface area contributed by atoms with E-state index in [0.717, 1.165) is 11.4 Å². The molecule has 0 saturated heterocycles. The van der Waals surface area contributed by atoms with Gasteiger partial charge in [0.05, 0.1) is 11.0 Å². The smallest absolute Gasteiger partial charge is 0.0547 e. The second-order valence-corrected chi connectivity index (χ2v) is 7.99. The predicted molar refractivity (Wildman–Crippen MR) is 136 cm³/mol. The lowest BCUT2D eigenvalue weighted by Crippen LogP contribution is -1.93. The fourth-order valence-electron chi connectivity index (χ4n) is 4.47. The summed E-state index contributed by atoms with van der Waals surface area (Å²) in [6.07, 6.45) is 0. The van der Waals surface area contributed by atoms with Gasteiger partial charge in [0.2, 0.25) is 0 Å². The van der Waals surface area contributed by atoms with E-state index in [-0.39, 0.29) is 0 Å². The van der Waals surface area contributed by atoms with Crippen molar-refractivity contribution in [3.05, 3.63) is 127 Å². The average molecular weight is 411 g/mol. The molecule has 2 nitrogen and oxygen atoms in total. The summed E-state index contributed by atoms with van der Waals surface area (Å²) < 4.78 is 2.36. The van der Waals surface area contributed by atoms with Crippen molar-refractivity contribution in [2.24, 2.45) is 0 Å². The van der Waals surface area contributed by atoms with Crippen LogP contribution in [-0.2, 0) is 0 Å². The van der Waals surface area contributed by atoms with Crippen molar-refractivity contribution in [3.63, 3.8) is 0 Å². The highest BCUT2D eigenvalue weighted by Crippen LogP contribution is 2.35. The lowest BCUT2D eigenvalue weighted by Gasteiger charge is -2.10. The number of nitrogens with one attached hydrogen (secondary N) is 1. The lowest BCUT2D eigenvalue weighted by atomic mass is 10.0. The minimum atomic E-state index is 1.08. The molecule has 0 aliphatic rings. The molecule has 32 heavy (non-hydrogen) atoms. The van der Waals surface area contributed by atoms with Crippen molar-refractivity contribution < 1.29 is 0 Å². The summed E-state index contributed by atoms with van der Waals surface area (Å²) in [6.45, 7) is 0. The van der Waals surface area contributed by atoms with Crippen molar-refractivity contribution in [3.8, 4) is 16.8 Å². The van der Waals surface area contributed by atoms with Gasteiger partial charge < -0.3 is 9.88 Å². The number of aromatic nitrogens is 1. The molecule has 0 radical (unpaired) electrons. The van der Waals surface area contributed by atoms with E-state index in [1.54, 1.807) is 0 Å². The van der Waals surface area contributed by atoms with Crippen LogP contribution >= 0.6 is 0 Å². The Labute approximate surface area is 187 Å². The first-order chi connectivity index (χ1) is 15.9. The highest BCUT2D eigenvalue weighted by molar-refractivity contribution is 6.10. The number of rotatable bonds is 4. The Kier molecular flexibility index (Phi) is 4.47. The summed E-state index contributed by atoms with van der Waals surface area (Å²) in [5.74, 6) is 0. The van der Waals surface area contributed by atoms with Gasteiger partial charge in [0, 0.05) is 27.8 Å². The Morgan fingerprint density at radius 1 is 0.438 bits per heavy atom. The Bertz CT molecular complexity index is 1530. The molecule has 0 amide bonds. The third kappa shape index (κ3) is 3.23. The fraction of sp³-hybridized carbons (Fsp3) is 0. The van der Waals surface area contributed by atoms with Crippen LogP contribution in [-0.4, -0.2) is 4.57 Å². The van der Waals surface area contributed by atoms with Gasteiger partial charge in [-0.25, -0.2) is 0 Å². The summed E-state index contributed by atoms with van der Waals surface area (Å²) in [7, 11) is 0. The topological polar surface area (TPSA) is 17.0 Å². The van der Waals surface area contributed by atoms with Crippen LogP contribution in [0.2, 0.25) is 0 Å². The Balaban J connectivity index is 1.50. The van der Waals surface area contributed by atoms with E-state index >= 15 is 0 Å². The van der Waals surface area contributed by atoms with Crippen LogP contribution in [0.4, 0.5) is 11.4 Å². The SMILES string of the molecule is c1ccc(Nc2cccc(-c3ccc4c5ccccc5n(-c5ccccc5)c4c3)c2)cc1. The van der Waals surface area contributed by atoms with Gasteiger partial charge in [-0.1, -0.05) is 78.9 Å². The zero-order valence-corrected chi connectivity index (χ0v) is 17.6. The number of para-hydroxylation sites is 3. The number of nitrogens with zero attached hydrogens (tertiary/aromatic N) is 1. The van der Waals surface area contributed by atoms with E-state index in [0.29, 0.717) is 0 Å². The van der Waals surface area contributed by atoms with Crippen LogP contribution in [0.3, 0.4) is 0 Å². The highest BCUT2D eigenvalue weighted by Gasteiger charge is 2.13. The number of hydrogen-bond donors (Lipinski definition) is 1. The first kappa shape index (κ1) is 18.5. The normalized spacial score (nSPS) is 11.1. The van der Waals surface area contributed by atoms with Crippen molar-refractivity contribution in [2.45, 2.75) is 0 Å². The predicted octanol–water partition coefficient (Wildman–Crippen LogP) is 8.19. The van der Waals surface area contributed by atoms with Gasteiger partial charge >= 0.3 is 0 Å². The quantitative estimate of drug-likeness (QED) is 0.310. The molecule has 0 unspecified atom stereocenters. The van der Waals surface area contributed by atoms with Crippen molar-refractivity contribution in [1.82, 2.24) is 4.57 Å². The number of hydrogen-bond acceptors (Lipinski definition) is 1. The average Bonchev–Trinajstić information content (AvgIpc) is 3.19. The molecule has 6 rings (SSSR count). The monoisotopic (exact) mass is 410 g/mol. The fourth-order valence-corrected chi connectivity index (χ4v) is 4.47. The van der Waals surface area contributed by atoms with Gasteiger partial charge in [0.15, 0.2) is 0 Å². The van der Waals surface area contributed by atoms with Gasteiger partial charge in [-0.2, -0.15) is 0 Å². The number of anilines is 2. The first-order valence-electron chi connectivity index (χ1n) is 10.9. The second kappa shape index (κ2) is 7.75. The van der Waals surface area contributed by atoms with Crippen LogP contribution in [0.15, 0.2) is 127 Å². The van der Waals surface area contributed by atoms with Crippen LogP contribution in [0.1, 0.15) is 0 Å². The van der Waals surface area contributed by atoms with Crippen molar-refractivity contribution >= 4 is 33.2 Å². The molecule has 0 aliphatic heterocycles. The second-order valence-electron chi connectivity index (χ2n) is 7.99. The summed E-state index contributed by atoms with van der Waals surface area (Å²) >= 11 is 0. The van der Waals surface area contributed by atoms with Gasteiger partial charge in [0.1, 0.15) is 0 Å². The third-order valence-electron chi connectivity index (χ3n) is 5.95. The maximum absolute atomic E-state index is 3.50. The van der Waals surface area contributed by atoms with E-state index in [2.05, 4.69) is 119 Å². The molecule has 0 atom stereocenters. The van der Waals surface area contributed by atoms with Crippen LogP contribution in [0, 0.1) is 0 Å². The van der Waals surface area contributed by atoms with Crippen molar-refractivity contribution in [1.29, 1.82) is 0 Å². The lowest BCUT2D eigenvalue weighted by molar-refractivity contribution is 1.18. The zero-order chi connectivity index (χ0) is 21.3. The molecule has 1 heterocycles. The summed E-state index contributed by atoms with van der Waals surface area (Å²) in [5, 5.41) is 6.05. The molecule has 0 saturated carbocycles. The van der Waals surface area contributed by atoms with E-state index < -0.39 is 0 Å². The zero-order valence-electron chi connectivity index (χ0n) is 17.6. The minimum Gasteiger partial charge on any atom is -0.356 e. The van der Waals surface area contributed by atoms with E-state index in [4.69, 9.17) is 0 Å². The maximum Gasteiger partial charge on any atom is 0.0547 e. The Hall–Kier alpha value is -4.30. The van der Waals surface area contributed by atoms with Gasteiger partial charge in [-0.15, -0.1) is 0 Å². The summed E-state index contributed by atoms with van der Waals surface area (Å²) in [5.41, 5.74) is 8.19. The summed E-state index contributed by atoms with van der Waals surface area (Å²) in [6, 6.07) is 44.9. The number of benzene rings is 5. The van der Waals surface area contributed by atoms with Gasteiger partial charge in [-0.05, 0) is 59.7 Å². The molecule has 5 aromatic carbocycles. The minimum absolute atomic E-state index is 1.08. The first-order valence-corrected chi connectivity index (χ1v) is 10.9. The molecule has 152 valence electrons. The van der Waals surface area contributed by atoms with Gasteiger partial charge in [-0.3, -0.25) is 0 Å².